The minimum atomic E-state index is 0.143. The Morgan fingerprint density at radius 3 is 1.88 bits per heavy atom. The normalized spacial score (nSPS) is 12.2. The Morgan fingerprint density at radius 1 is 0.960 bits per heavy atom. The van der Waals surface area contributed by atoms with Crippen LogP contribution in [0.15, 0.2) is 60.8 Å². The molecule has 0 fully saturated rings. The molecule has 0 saturated carbocycles. The van der Waals surface area contributed by atoms with Gasteiger partial charge in [-0.2, -0.15) is 0 Å². The van der Waals surface area contributed by atoms with Crippen molar-refractivity contribution in [2.45, 2.75) is 53.9 Å². The molecule has 0 bridgehead atoms. The predicted octanol–water partition coefficient (Wildman–Crippen LogP) is 7.14. The van der Waals surface area contributed by atoms with Crippen molar-refractivity contribution in [2.24, 2.45) is 0 Å². The highest BCUT2D eigenvalue weighted by molar-refractivity contribution is 5.75. The summed E-state index contributed by atoms with van der Waals surface area (Å²) in [5.41, 5.74) is 8.84. The van der Waals surface area contributed by atoms with E-state index in [9.17, 15) is 0 Å². The smallest absolute Gasteiger partial charge is 0.0520 e. The van der Waals surface area contributed by atoms with Crippen molar-refractivity contribution in [3.8, 4) is 0 Å². The van der Waals surface area contributed by atoms with Gasteiger partial charge in [-0.1, -0.05) is 63.3 Å². The zero-order valence-electron chi connectivity index (χ0n) is 16.8. The van der Waals surface area contributed by atoms with E-state index >= 15 is 0 Å². The highest BCUT2D eigenvalue weighted by Gasteiger charge is 2.21. The van der Waals surface area contributed by atoms with Crippen molar-refractivity contribution in [3.05, 3.63) is 83.1 Å². The summed E-state index contributed by atoms with van der Waals surface area (Å²) >= 11 is 0. The Balaban J connectivity index is 2.70. The quantitative estimate of drug-likeness (QED) is 0.537. The Morgan fingerprint density at radius 2 is 1.48 bits per heavy atom. The average Bonchev–Trinajstić information content (AvgIpc) is 2.53. The van der Waals surface area contributed by atoms with Crippen LogP contribution in [-0.4, -0.2) is 0 Å². The number of nitrogens with zero attached hydrogens (tertiary/aromatic N) is 1. The molecule has 0 unspecified atom stereocenters. The number of hydrogen-bond acceptors (Lipinski definition) is 1. The molecule has 132 valence electrons. The van der Waals surface area contributed by atoms with Crippen LogP contribution in [0.1, 0.15) is 49.9 Å². The molecular weight excluding hydrogens is 302 g/mol. The largest absolute Gasteiger partial charge is 0.310 e. The average molecular weight is 334 g/mol. The standard InChI is InChI=1S/C24H31N/c1-9-21(10-2)25(22-13-11-17(3)12-14-22)23-18(4)15-20(16-19(23)5)24(6,7)8/h9-16H,1H2,2-8H3/b21-10+. The zero-order chi connectivity index (χ0) is 18.8. The second-order valence-corrected chi connectivity index (χ2v) is 7.80. The van der Waals surface area contributed by atoms with E-state index < -0.39 is 0 Å². The van der Waals surface area contributed by atoms with E-state index in [1.807, 2.05) is 6.08 Å². The molecule has 0 radical (unpaired) electrons. The second-order valence-electron chi connectivity index (χ2n) is 7.80. The van der Waals surface area contributed by atoms with Crippen molar-refractivity contribution in [2.75, 3.05) is 4.90 Å². The van der Waals surface area contributed by atoms with Crippen LogP contribution < -0.4 is 4.90 Å². The molecule has 2 aromatic rings. The number of hydrogen-bond donors (Lipinski definition) is 0. The van der Waals surface area contributed by atoms with E-state index in [1.54, 1.807) is 0 Å². The molecule has 2 aromatic carbocycles. The Hall–Kier alpha value is -2.28. The summed E-state index contributed by atoms with van der Waals surface area (Å²) in [5, 5.41) is 0. The van der Waals surface area contributed by atoms with E-state index in [1.165, 1.54) is 27.9 Å². The van der Waals surface area contributed by atoms with Gasteiger partial charge in [-0.15, -0.1) is 0 Å². The molecule has 0 aromatic heterocycles. The number of aryl methyl sites for hydroxylation is 3. The molecule has 25 heavy (non-hydrogen) atoms. The molecule has 1 heteroatoms. The van der Waals surface area contributed by atoms with E-state index in [-0.39, 0.29) is 5.41 Å². The van der Waals surface area contributed by atoms with Crippen LogP contribution in [0, 0.1) is 20.8 Å². The van der Waals surface area contributed by atoms with Crippen molar-refractivity contribution >= 4 is 11.4 Å². The van der Waals surface area contributed by atoms with Crippen molar-refractivity contribution in [3.63, 3.8) is 0 Å². The van der Waals surface area contributed by atoms with Gasteiger partial charge in [0.1, 0.15) is 0 Å². The third kappa shape index (κ3) is 4.04. The lowest BCUT2D eigenvalue weighted by Crippen LogP contribution is -2.19. The molecule has 0 saturated heterocycles. The summed E-state index contributed by atoms with van der Waals surface area (Å²) < 4.78 is 0. The fourth-order valence-corrected chi connectivity index (χ4v) is 3.18. The van der Waals surface area contributed by atoms with Crippen LogP contribution in [-0.2, 0) is 5.41 Å². The minimum Gasteiger partial charge on any atom is -0.310 e. The fourth-order valence-electron chi connectivity index (χ4n) is 3.18. The monoisotopic (exact) mass is 333 g/mol. The number of anilines is 2. The first-order chi connectivity index (χ1) is 11.7. The fraction of sp³-hybridized carbons (Fsp3) is 0.333. The van der Waals surface area contributed by atoms with Gasteiger partial charge in [0.05, 0.1) is 5.69 Å². The van der Waals surface area contributed by atoms with Crippen molar-refractivity contribution in [1.82, 2.24) is 0 Å². The maximum Gasteiger partial charge on any atom is 0.0520 e. The summed E-state index contributed by atoms with van der Waals surface area (Å²) in [4.78, 5) is 2.31. The molecule has 2 rings (SSSR count). The summed E-state index contributed by atoms with van der Waals surface area (Å²) in [6.45, 7) is 19.4. The van der Waals surface area contributed by atoms with Gasteiger partial charge in [0.2, 0.25) is 0 Å². The lowest BCUT2D eigenvalue weighted by Gasteiger charge is -2.31. The molecule has 0 aliphatic carbocycles. The number of allylic oxidation sites excluding steroid dienone is 2. The maximum atomic E-state index is 4.03. The van der Waals surface area contributed by atoms with Crippen LogP contribution in [0.5, 0.6) is 0 Å². The first-order valence-electron chi connectivity index (χ1n) is 8.96. The SMILES string of the molecule is C=C/C(=C\C)N(c1ccc(C)cc1)c1c(C)cc(C(C)(C)C)cc1C. The summed E-state index contributed by atoms with van der Waals surface area (Å²) in [7, 11) is 0. The summed E-state index contributed by atoms with van der Waals surface area (Å²) in [6.07, 6.45) is 4.04. The molecule has 0 N–H and O–H groups in total. The predicted molar refractivity (Wildman–Crippen MR) is 112 cm³/mol. The van der Waals surface area contributed by atoms with Gasteiger partial charge >= 0.3 is 0 Å². The van der Waals surface area contributed by atoms with E-state index in [4.69, 9.17) is 0 Å². The first-order valence-corrected chi connectivity index (χ1v) is 8.96. The zero-order valence-corrected chi connectivity index (χ0v) is 16.8. The lowest BCUT2D eigenvalue weighted by atomic mass is 9.84. The molecule has 0 aliphatic heterocycles. The second kappa shape index (κ2) is 7.31. The Bertz CT molecular complexity index is 763. The number of rotatable bonds is 4. The lowest BCUT2D eigenvalue weighted by molar-refractivity contribution is 0.589. The van der Waals surface area contributed by atoms with E-state index in [0.29, 0.717) is 0 Å². The van der Waals surface area contributed by atoms with Gasteiger partial charge in [-0.05, 0) is 68.0 Å². The van der Waals surface area contributed by atoms with Gasteiger partial charge in [-0.3, -0.25) is 0 Å². The third-order valence-electron chi connectivity index (χ3n) is 4.64. The Kier molecular flexibility index (Phi) is 5.57. The van der Waals surface area contributed by atoms with Gasteiger partial charge in [0.15, 0.2) is 0 Å². The Labute approximate surface area is 153 Å². The van der Waals surface area contributed by atoms with Crippen LogP contribution in [0.4, 0.5) is 11.4 Å². The summed E-state index contributed by atoms with van der Waals surface area (Å²) in [6, 6.07) is 13.3. The van der Waals surface area contributed by atoms with Crippen LogP contribution in [0.25, 0.3) is 0 Å². The molecule has 0 aliphatic rings. The van der Waals surface area contributed by atoms with Crippen molar-refractivity contribution < 1.29 is 0 Å². The van der Waals surface area contributed by atoms with Crippen molar-refractivity contribution in [1.29, 1.82) is 0 Å². The van der Waals surface area contributed by atoms with E-state index in [0.717, 1.165) is 11.4 Å². The van der Waals surface area contributed by atoms with Gasteiger partial charge in [0.25, 0.3) is 0 Å². The number of benzene rings is 2. The molecule has 0 heterocycles. The van der Waals surface area contributed by atoms with Crippen LogP contribution >= 0.6 is 0 Å². The van der Waals surface area contributed by atoms with Gasteiger partial charge in [0, 0.05) is 11.4 Å². The highest BCUT2D eigenvalue weighted by atomic mass is 15.1. The molecule has 1 nitrogen and oxygen atoms in total. The minimum absolute atomic E-state index is 0.143. The van der Waals surface area contributed by atoms with Gasteiger partial charge < -0.3 is 4.90 Å². The van der Waals surface area contributed by atoms with E-state index in [2.05, 4.69) is 102 Å². The topological polar surface area (TPSA) is 3.24 Å². The molecule has 0 amide bonds. The maximum absolute atomic E-state index is 4.03. The molecule has 0 atom stereocenters. The van der Waals surface area contributed by atoms with Gasteiger partial charge in [-0.25, -0.2) is 0 Å². The first kappa shape index (κ1) is 19.1. The summed E-state index contributed by atoms with van der Waals surface area (Å²) in [5.74, 6) is 0. The highest BCUT2D eigenvalue weighted by Crippen LogP contribution is 2.38. The molecular formula is C24H31N. The van der Waals surface area contributed by atoms with Crippen LogP contribution in [0.3, 0.4) is 0 Å². The van der Waals surface area contributed by atoms with Crippen LogP contribution in [0.2, 0.25) is 0 Å². The molecule has 0 spiro atoms. The third-order valence-corrected chi connectivity index (χ3v) is 4.64.